The lowest BCUT2D eigenvalue weighted by Gasteiger charge is -1.99. The van der Waals surface area contributed by atoms with Crippen LogP contribution in [-0.4, -0.2) is 15.5 Å². The monoisotopic (exact) mass is 371 g/mol. The molecule has 0 unspecified atom stereocenters. The van der Waals surface area contributed by atoms with Gasteiger partial charge in [0.05, 0.1) is 14.9 Å². The molecule has 0 aliphatic carbocycles. The Morgan fingerprint density at radius 2 is 2.12 bits per heavy atom. The molecule has 0 amide bonds. The molecule has 5 nitrogen and oxygen atoms in total. The zero-order valence-corrected chi connectivity index (χ0v) is 14.7. The highest BCUT2D eigenvalue weighted by Gasteiger charge is 2.20. The fourth-order valence-corrected chi connectivity index (χ4v) is 3.89. The van der Waals surface area contributed by atoms with Gasteiger partial charge in [-0.2, -0.15) is 0 Å². The molecular weight excluding hydrogens is 360 g/mol. The van der Waals surface area contributed by atoms with Gasteiger partial charge >= 0.3 is 0 Å². The molecule has 0 spiro atoms. The smallest absolute Gasteiger partial charge is 0.243 e. The van der Waals surface area contributed by atoms with E-state index in [2.05, 4.69) is 4.98 Å². The van der Waals surface area contributed by atoms with Crippen LogP contribution in [0.25, 0.3) is 33.1 Å². The van der Waals surface area contributed by atoms with Crippen LogP contribution in [0.1, 0.15) is 5.69 Å². The number of aromatic nitrogens is 2. The number of benzene rings is 1. The van der Waals surface area contributed by atoms with Gasteiger partial charge in [0.1, 0.15) is 5.69 Å². The molecule has 0 saturated heterocycles. The van der Waals surface area contributed by atoms with Crippen LogP contribution in [-0.2, 0) is 18.3 Å². The van der Waals surface area contributed by atoms with Gasteiger partial charge < -0.3 is 18.9 Å². The van der Waals surface area contributed by atoms with Crippen molar-refractivity contribution in [2.75, 3.05) is 0 Å². The Hall–Kier alpha value is -2.57. The highest BCUT2D eigenvalue weighted by atomic mass is 35.5. The Bertz CT molecular complexity index is 1090. The van der Waals surface area contributed by atoms with Crippen LogP contribution in [0.2, 0.25) is 4.34 Å². The molecule has 0 N–H and O–H groups in total. The number of hydrogen-bond acceptors (Lipinski definition) is 5. The van der Waals surface area contributed by atoms with Gasteiger partial charge in [0.25, 0.3) is 0 Å². The Balaban J connectivity index is 1.88. The van der Waals surface area contributed by atoms with E-state index < -0.39 is 5.97 Å². The number of carbonyl (C=O) groups excluding carboxylic acids is 1. The van der Waals surface area contributed by atoms with Crippen molar-refractivity contribution in [1.82, 2.24) is 9.55 Å². The minimum Gasteiger partial charge on any atom is -0.550 e. The number of fused-ring (bicyclic) bond motifs is 1. The van der Waals surface area contributed by atoms with Gasteiger partial charge in [-0.1, -0.05) is 29.8 Å². The molecule has 0 aliphatic heterocycles. The third kappa shape index (κ3) is 2.83. The van der Waals surface area contributed by atoms with Crippen LogP contribution in [0.5, 0.6) is 0 Å². The molecule has 7 heteroatoms. The minimum atomic E-state index is -1.21. The third-order valence-electron chi connectivity index (χ3n) is 3.98. The van der Waals surface area contributed by atoms with E-state index in [1.54, 1.807) is 12.1 Å². The molecule has 0 saturated carbocycles. The van der Waals surface area contributed by atoms with Crippen LogP contribution in [0.3, 0.4) is 0 Å². The number of thiophene rings is 1. The predicted molar refractivity (Wildman–Crippen MR) is 95.5 cm³/mol. The van der Waals surface area contributed by atoms with Crippen LogP contribution in [0.15, 0.2) is 46.9 Å². The van der Waals surface area contributed by atoms with E-state index in [-0.39, 0.29) is 6.42 Å². The summed E-state index contributed by atoms with van der Waals surface area (Å²) in [6.07, 6.45) is -0.321. The summed E-state index contributed by atoms with van der Waals surface area (Å²) >= 11 is 7.31. The van der Waals surface area contributed by atoms with E-state index in [9.17, 15) is 9.90 Å². The second kappa shape index (κ2) is 6.06. The van der Waals surface area contributed by atoms with Gasteiger partial charge in [0.15, 0.2) is 5.76 Å². The van der Waals surface area contributed by atoms with E-state index in [1.807, 2.05) is 41.9 Å². The first-order chi connectivity index (χ1) is 12.0. The Kier molecular flexibility index (Phi) is 3.86. The van der Waals surface area contributed by atoms with Gasteiger partial charge in [-0.3, -0.25) is 0 Å². The Labute approximate surface area is 152 Å². The second-order valence-corrected chi connectivity index (χ2v) is 7.31. The molecular formula is C18H12ClN2O3S-. The SMILES string of the molecule is Cn1c(-c2nc(CC(=O)[O-])c(-c3ccc(Cl)s3)o2)cc2ccccc21. The number of para-hydroxylation sites is 1. The summed E-state index contributed by atoms with van der Waals surface area (Å²) in [6.45, 7) is 0. The second-order valence-electron chi connectivity index (χ2n) is 5.59. The number of hydrogen-bond donors (Lipinski definition) is 0. The molecule has 0 atom stereocenters. The summed E-state index contributed by atoms with van der Waals surface area (Å²) in [4.78, 5) is 16.2. The average molecular weight is 372 g/mol. The summed E-state index contributed by atoms with van der Waals surface area (Å²) in [5, 5.41) is 12.1. The maximum atomic E-state index is 11.1. The Morgan fingerprint density at radius 3 is 2.80 bits per heavy atom. The van der Waals surface area contributed by atoms with E-state index >= 15 is 0 Å². The van der Waals surface area contributed by atoms with Crippen LogP contribution in [0.4, 0.5) is 0 Å². The summed E-state index contributed by atoms with van der Waals surface area (Å²) in [7, 11) is 1.92. The molecule has 4 rings (SSSR count). The zero-order chi connectivity index (χ0) is 17.6. The normalized spacial score (nSPS) is 11.3. The van der Waals surface area contributed by atoms with Crippen LogP contribution < -0.4 is 5.11 Å². The molecule has 3 heterocycles. The highest BCUT2D eigenvalue weighted by molar-refractivity contribution is 7.19. The molecule has 25 heavy (non-hydrogen) atoms. The largest absolute Gasteiger partial charge is 0.550 e. The summed E-state index contributed by atoms with van der Waals surface area (Å²) in [6, 6.07) is 13.4. The predicted octanol–water partition coefficient (Wildman–Crippen LogP) is 3.51. The fraction of sp³-hybridized carbons (Fsp3) is 0.111. The minimum absolute atomic E-state index is 0.321. The van der Waals surface area contributed by atoms with Crippen molar-refractivity contribution in [2.45, 2.75) is 6.42 Å². The van der Waals surface area contributed by atoms with E-state index in [0.717, 1.165) is 21.5 Å². The molecule has 4 aromatic rings. The number of aryl methyl sites for hydroxylation is 1. The number of carboxylic acid groups (broad SMARTS) is 1. The van der Waals surface area contributed by atoms with E-state index in [1.165, 1.54) is 11.3 Å². The molecule has 0 bridgehead atoms. The first-order valence-corrected chi connectivity index (χ1v) is 8.72. The van der Waals surface area contributed by atoms with Gasteiger partial charge in [-0.25, -0.2) is 4.98 Å². The Morgan fingerprint density at radius 1 is 1.32 bits per heavy atom. The van der Waals surface area contributed by atoms with Crippen molar-refractivity contribution < 1.29 is 14.3 Å². The molecule has 0 aliphatic rings. The molecule has 1 aromatic carbocycles. The van der Waals surface area contributed by atoms with Crippen LogP contribution >= 0.6 is 22.9 Å². The number of oxazole rings is 1. The number of nitrogens with zero attached hydrogens (tertiary/aromatic N) is 2. The van der Waals surface area contributed by atoms with Crippen LogP contribution in [0, 0.1) is 0 Å². The quantitative estimate of drug-likeness (QED) is 0.550. The van der Waals surface area contributed by atoms with Crippen molar-refractivity contribution in [3.8, 4) is 22.2 Å². The third-order valence-corrected chi connectivity index (χ3v) is 5.21. The van der Waals surface area contributed by atoms with Gasteiger partial charge in [-0.15, -0.1) is 11.3 Å². The standard InChI is InChI=1S/C18H13ClN2O3S/c1-21-12-5-3-2-4-10(12)8-13(21)18-20-11(9-16(22)23)17(24-18)14-6-7-15(19)25-14/h2-8H,9H2,1H3,(H,22,23)/p-1. The van der Waals surface area contributed by atoms with Gasteiger partial charge in [0.2, 0.25) is 5.89 Å². The topological polar surface area (TPSA) is 71.1 Å². The van der Waals surface area contributed by atoms with Crippen molar-refractivity contribution in [2.24, 2.45) is 7.05 Å². The van der Waals surface area contributed by atoms with Crippen molar-refractivity contribution in [3.63, 3.8) is 0 Å². The van der Waals surface area contributed by atoms with E-state index in [0.29, 0.717) is 21.7 Å². The number of rotatable bonds is 4. The fourth-order valence-electron chi connectivity index (χ4n) is 2.84. The molecule has 0 fully saturated rings. The first-order valence-electron chi connectivity index (χ1n) is 7.53. The maximum absolute atomic E-state index is 11.1. The number of aliphatic carboxylic acids is 1. The summed E-state index contributed by atoms with van der Waals surface area (Å²) in [5.41, 5.74) is 2.14. The summed E-state index contributed by atoms with van der Waals surface area (Å²) < 4.78 is 8.50. The lowest BCUT2D eigenvalue weighted by atomic mass is 10.2. The molecule has 126 valence electrons. The lowest BCUT2D eigenvalue weighted by molar-refractivity contribution is -0.304. The first kappa shape index (κ1) is 15.9. The molecule has 0 radical (unpaired) electrons. The summed E-state index contributed by atoms with van der Waals surface area (Å²) in [5.74, 6) is -0.420. The van der Waals surface area contributed by atoms with Crippen molar-refractivity contribution in [3.05, 3.63) is 52.5 Å². The van der Waals surface area contributed by atoms with Gasteiger partial charge in [-0.05, 0) is 24.3 Å². The zero-order valence-electron chi connectivity index (χ0n) is 13.2. The van der Waals surface area contributed by atoms with E-state index in [4.69, 9.17) is 16.0 Å². The molecule has 3 aromatic heterocycles. The highest BCUT2D eigenvalue weighted by Crippen LogP contribution is 2.37. The maximum Gasteiger partial charge on any atom is 0.243 e. The average Bonchev–Trinajstić information content (AvgIpc) is 3.25. The van der Waals surface area contributed by atoms with Gasteiger partial charge in [0, 0.05) is 30.3 Å². The number of carboxylic acids is 1. The lowest BCUT2D eigenvalue weighted by Crippen LogP contribution is -2.24. The van der Waals surface area contributed by atoms with Crippen molar-refractivity contribution in [1.29, 1.82) is 0 Å². The van der Waals surface area contributed by atoms with Crippen molar-refractivity contribution >= 4 is 39.8 Å². The number of carbonyl (C=O) groups is 1. The number of halogens is 1.